The Balaban J connectivity index is 3.24. The molecule has 0 aliphatic carbocycles. The summed E-state index contributed by atoms with van der Waals surface area (Å²) in [7, 11) is 1.34. The molecular formula is C8H8BrF2NO2. The van der Waals surface area contributed by atoms with Gasteiger partial charge in [-0.05, 0) is 15.9 Å². The summed E-state index contributed by atoms with van der Waals surface area (Å²) >= 11 is 2.98. The molecule has 0 bridgehead atoms. The van der Waals surface area contributed by atoms with Gasteiger partial charge in [-0.2, -0.15) is 0 Å². The second-order valence-electron chi connectivity index (χ2n) is 2.48. The van der Waals surface area contributed by atoms with Gasteiger partial charge in [-0.25, -0.2) is 13.8 Å². The zero-order chi connectivity index (χ0) is 10.7. The zero-order valence-electron chi connectivity index (χ0n) is 7.30. The molecule has 0 atom stereocenters. The van der Waals surface area contributed by atoms with Crippen LogP contribution in [0.4, 0.5) is 8.78 Å². The van der Waals surface area contributed by atoms with Crippen molar-refractivity contribution < 1.29 is 18.6 Å². The lowest BCUT2D eigenvalue weighted by Crippen LogP contribution is -1.99. The van der Waals surface area contributed by atoms with E-state index in [-0.39, 0.29) is 22.7 Å². The van der Waals surface area contributed by atoms with Crippen molar-refractivity contribution in [2.75, 3.05) is 7.11 Å². The molecule has 0 saturated carbocycles. The third kappa shape index (κ3) is 2.19. The monoisotopic (exact) mass is 267 g/mol. The predicted octanol–water partition coefficient (Wildman–Crippen LogP) is 2.28. The van der Waals surface area contributed by atoms with Crippen molar-refractivity contribution >= 4 is 15.9 Å². The van der Waals surface area contributed by atoms with Gasteiger partial charge in [0.25, 0.3) is 6.43 Å². The maximum absolute atomic E-state index is 12.3. The molecule has 0 aromatic carbocycles. The number of ether oxygens (including phenoxy) is 1. The van der Waals surface area contributed by atoms with E-state index in [0.29, 0.717) is 5.56 Å². The van der Waals surface area contributed by atoms with Gasteiger partial charge >= 0.3 is 0 Å². The van der Waals surface area contributed by atoms with Crippen LogP contribution in [0.15, 0.2) is 10.7 Å². The van der Waals surface area contributed by atoms with Gasteiger partial charge in [0, 0.05) is 6.07 Å². The normalized spacial score (nSPS) is 10.7. The summed E-state index contributed by atoms with van der Waals surface area (Å²) in [5.74, 6) is 0.199. The van der Waals surface area contributed by atoms with Crippen LogP contribution in [0.1, 0.15) is 17.7 Å². The molecule has 1 N–H and O–H groups in total. The second-order valence-corrected chi connectivity index (χ2v) is 3.23. The fourth-order valence-corrected chi connectivity index (χ4v) is 1.50. The molecule has 1 rings (SSSR count). The number of pyridine rings is 1. The lowest BCUT2D eigenvalue weighted by atomic mass is 10.2. The highest BCUT2D eigenvalue weighted by Gasteiger charge is 2.16. The van der Waals surface area contributed by atoms with Crippen LogP contribution in [0.5, 0.6) is 5.75 Å². The highest BCUT2D eigenvalue weighted by molar-refractivity contribution is 9.10. The van der Waals surface area contributed by atoms with Crippen molar-refractivity contribution in [2.45, 2.75) is 13.0 Å². The second kappa shape index (κ2) is 4.65. The highest BCUT2D eigenvalue weighted by atomic mass is 79.9. The summed E-state index contributed by atoms with van der Waals surface area (Å²) in [6.07, 6.45) is -2.66. The molecule has 78 valence electrons. The number of rotatable bonds is 3. The van der Waals surface area contributed by atoms with Crippen LogP contribution in [-0.2, 0) is 6.61 Å². The smallest absolute Gasteiger partial charge is 0.280 e. The number of methoxy groups -OCH3 is 1. The maximum Gasteiger partial charge on any atom is 0.280 e. The van der Waals surface area contributed by atoms with Gasteiger partial charge < -0.3 is 9.84 Å². The Morgan fingerprint density at radius 1 is 1.64 bits per heavy atom. The van der Waals surface area contributed by atoms with Crippen LogP contribution in [0, 0.1) is 0 Å². The summed E-state index contributed by atoms with van der Waals surface area (Å²) < 4.78 is 29.6. The van der Waals surface area contributed by atoms with E-state index in [1.807, 2.05) is 0 Å². The Labute approximate surface area is 87.9 Å². The molecule has 0 saturated heterocycles. The average Bonchev–Trinajstić information content (AvgIpc) is 2.16. The highest BCUT2D eigenvalue weighted by Crippen LogP contribution is 2.29. The molecule has 0 radical (unpaired) electrons. The summed E-state index contributed by atoms with van der Waals surface area (Å²) in [5.41, 5.74) is -0.0252. The van der Waals surface area contributed by atoms with E-state index in [9.17, 15) is 8.78 Å². The fourth-order valence-electron chi connectivity index (χ4n) is 0.973. The molecule has 14 heavy (non-hydrogen) atoms. The van der Waals surface area contributed by atoms with Crippen LogP contribution in [-0.4, -0.2) is 17.2 Å². The van der Waals surface area contributed by atoms with E-state index >= 15 is 0 Å². The van der Waals surface area contributed by atoms with E-state index < -0.39 is 6.43 Å². The molecular weight excluding hydrogens is 260 g/mol. The zero-order valence-corrected chi connectivity index (χ0v) is 8.88. The number of nitrogens with zero attached hydrogens (tertiary/aromatic N) is 1. The Morgan fingerprint density at radius 2 is 2.29 bits per heavy atom. The first-order valence-corrected chi connectivity index (χ1v) is 4.51. The number of hydrogen-bond acceptors (Lipinski definition) is 3. The summed E-state index contributed by atoms with van der Waals surface area (Å²) in [6.45, 7) is -0.319. The topological polar surface area (TPSA) is 42.4 Å². The van der Waals surface area contributed by atoms with Crippen LogP contribution >= 0.6 is 15.9 Å². The number of alkyl halides is 2. The minimum Gasteiger partial charge on any atom is -0.496 e. The summed E-state index contributed by atoms with van der Waals surface area (Å²) in [4.78, 5) is 3.58. The van der Waals surface area contributed by atoms with Crippen molar-refractivity contribution in [2.24, 2.45) is 0 Å². The number of aliphatic hydroxyl groups excluding tert-OH is 1. The maximum atomic E-state index is 12.3. The standard InChI is InChI=1S/C8H8BrF2NO2/c1-14-6-2-5(8(10)11)12-7(9)4(6)3-13/h2,8,13H,3H2,1H3. The third-order valence-electron chi connectivity index (χ3n) is 1.65. The molecule has 0 fully saturated rings. The first-order chi connectivity index (χ1) is 6.60. The number of halogens is 3. The largest absolute Gasteiger partial charge is 0.496 e. The van der Waals surface area contributed by atoms with Crippen LogP contribution in [0.25, 0.3) is 0 Å². The molecule has 0 aliphatic heterocycles. The minimum absolute atomic E-state index is 0.176. The molecule has 1 aromatic rings. The molecule has 0 spiro atoms. The quantitative estimate of drug-likeness (QED) is 0.855. The van der Waals surface area contributed by atoms with Crippen LogP contribution in [0.3, 0.4) is 0 Å². The molecule has 3 nitrogen and oxygen atoms in total. The molecule has 0 unspecified atom stereocenters. The minimum atomic E-state index is -2.66. The van der Waals surface area contributed by atoms with Gasteiger partial charge in [0.2, 0.25) is 0 Å². The predicted molar refractivity (Wildman–Crippen MR) is 49.4 cm³/mol. The van der Waals surface area contributed by atoms with Crippen LogP contribution in [0.2, 0.25) is 0 Å². The Hall–Kier alpha value is -0.750. The van der Waals surface area contributed by atoms with Gasteiger partial charge in [0.1, 0.15) is 16.0 Å². The lowest BCUT2D eigenvalue weighted by Gasteiger charge is -2.09. The number of aliphatic hydroxyl groups is 1. The van der Waals surface area contributed by atoms with Gasteiger partial charge in [0.05, 0.1) is 19.3 Å². The lowest BCUT2D eigenvalue weighted by molar-refractivity contribution is 0.145. The van der Waals surface area contributed by atoms with Crippen LogP contribution < -0.4 is 4.74 Å². The molecule has 1 aromatic heterocycles. The molecule has 1 heterocycles. The van der Waals surface area contributed by atoms with E-state index in [1.165, 1.54) is 7.11 Å². The van der Waals surface area contributed by atoms with Crippen molar-refractivity contribution in [1.82, 2.24) is 4.98 Å². The first-order valence-electron chi connectivity index (χ1n) is 3.72. The molecule has 6 heteroatoms. The van der Waals surface area contributed by atoms with Crippen molar-refractivity contribution in [3.8, 4) is 5.75 Å². The average molecular weight is 268 g/mol. The molecule has 0 aliphatic rings. The fraction of sp³-hybridized carbons (Fsp3) is 0.375. The summed E-state index contributed by atoms with van der Waals surface area (Å²) in [5, 5.41) is 8.92. The number of hydrogen-bond donors (Lipinski definition) is 1. The van der Waals surface area contributed by atoms with Crippen molar-refractivity contribution in [3.05, 3.63) is 21.9 Å². The van der Waals surface area contributed by atoms with E-state index in [4.69, 9.17) is 9.84 Å². The Kier molecular flexibility index (Phi) is 3.77. The third-order valence-corrected chi connectivity index (χ3v) is 2.31. The van der Waals surface area contributed by atoms with Gasteiger partial charge in [-0.1, -0.05) is 0 Å². The molecule has 0 amide bonds. The van der Waals surface area contributed by atoms with Gasteiger partial charge in [-0.3, -0.25) is 0 Å². The van der Waals surface area contributed by atoms with E-state index in [1.54, 1.807) is 0 Å². The SMILES string of the molecule is COc1cc(C(F)F)nc(Br)c1CO. The van der Waals surface area contributed by atoms with E-state index in [2.05, 4.69) is 20.9 Å². The Bertz CT molecular complexity index is 333. The number of aromatic nitrogens is 1. The summed E-state index contributed by atoms with van der Waals surface area (Å²) in [6, 6.07) is 1.11. The van der Waals surface area contributed by atoms with Gasteiger partial charge in [0.15, 0.2) is 0 Å². The van der Waals surface area contributed by atoms with Crippen molar-refractivity contribution in [3.63, 3.8) is 0 Å². The Morgan fingerprint density at radius 3 is 2.71 bits per heavy atom. The van der Waals surface area contributed by atoms with E-state index in [0.717, 1.165) is 6.07 Å². The van der Waals surface area contributed by atoms with Gasteiger partial charge in [-0.15, -0.1) is 0 Å². The first kappa shape index (κ1) is 11.3. The van der Waals surface area contributed by atoms with Crippen molar-refractivity contribution in [1.29, 1.82) is 0 Å².